The largest absolute Gasteiger partial charge is 0.383 e. The summed E-state index contributed by atoms with van der Waals surface area (Å²) in [5.41, 5.74) is 0.229. The SMILES string of the molecule is COCCN(CCOC)S(=O)(=O)c1ccc(C(=O)N(CCCN2CCOCC2)c2nc3c(F)cc(F)cc3s2)cc1.Cl. The first kappa shape index (κ1) is 34.2. The van der Waals surface area contributed by atoms with E-state index in [1.54, 1.807) is 0 Å². The Morgan fingerprint density at radius 1 is 1.05 bits per heavy atom. The summed E-state index contributed by atoms with van der Waals surface area (Å²) in [7, 11) is -0.887. The van der Waals surface area contributed by atoms with Gasteiger partial charge in [0.25, 0.3) is 5.91 Å². The van der Waals surface area contributed by atoms with Crippen LogP contribution < -0.4 is 4.90 Å². The maximum atomic E-state index is 14.4. The fourth-order valence-electron chi connectivity index (χ4n) is 4.43. The van der Waals surface area contributed by atoms with Crippen molar-refractivity contribution in [2.24, 2.45) is 0 Å². The number of halogens is 3. The standard InChI is InChI=1S/C27H34F2N4O6S2.ClH/c1-37-14-12-32(13-15-38-2)41(35,36)22-6-4-20(5-7-22)26(34)33(9-3-8-31-10-16-39-17-11-31)27-30-25-23(29)18-21(28)19-24(25)40-27;/h4-7,18-19H,3,8-17H2,1-2H3;1H. The molecule has 3 aromatic rings. The number of carbonyl (C=O) groups excluding carboxylic acids is 1. The van der Waals surface area contributed by atoms with Crippen LogP contribution in [-0.4, -0.2) is 108 Å². The zero-order chi connectivity index (χ0) is 29.4. The summed E-state index contributed by atoms with van der Waals surface area (Å²) < 4.78 is 71.9. The number of rotatable bonds is 14. The number of fused-ring (bicyclic) bond motifs is 1. The molecule has 1 fully saturated rings. The van der Waals surface area contributed by atoms with E-state index < -0.39 is 27.6 Å². The van der Waals surface area contributed by atoms with Gasteiger partial charge in [-0.3, -0.25) is 14.6 Å². The number of thiazole rings is 1. The molecule has 0 bridgehead atoms. The third kappa shape index (κ3) is 8.41. The summed E-state index contributed by atoms with van der Waals surface area (Å²) in [4.78, 5) is 21.8. The number of hydrogen-bond acceptors (Lipinski definition) is 9. The molecule has 1 saturated heterocycles. The maximum Gasteiger partial charge on any atom is 0.260 e. The van der Waals surface area contributed by atoms with E-state index in [9.17, 15) is 22.0 Å². The van der Waals surface area contributed by atoms with Gasteiger partial charge >= 0.3 is 0 Å². The first-order valence-electron chi connectivity index (χ1n) is 13.2. The van der Waals surface area contributed by atoms with E-state index >= 15 is 0 Å². The van der Waals surface area contributed by atoms with Crippen LogP contribution in [0, 0.1) is 11.6 Å². The van der Waals surface area contributed by atoms with Gasteiger partial charge in [-0.15, -0.1) is 12.4 Å². The minimum Gasteiger partial charge on any atom is -0.383 e. The summed E-state index contributed by atoms with van der Waals surface area (Å²) in [6.45, 7) is 4.60. The van der Waals surface area contributed by atoms with Crippen molar-refractivity contribution in [1.82, 2.24) is 14.2 Å². The average molecular weight is 649 g/mol. The maximum absolute atomic E-state index is 14.4. The molecule has 2 aromatic carbocycles. The zero-order valence-corrected chi connectivity index (χ0v) is 25.9. The fraction of sp³-hybridized carbons (Fsp3) is 0.481. The third-order valence-corrected chi connectivity index (χ3v) is 9.60. The zero-order valence-electron chi connectivity index (χ0n) is 23.5. The lowest BCUT2D eigenvalue weighted by molar-refractivity contribution is 0.0376. The number of morpholine rings is 1. The van der Waals surface area contributed by atoms with E-state index in [0.29, 0.717) is 19.6 Å². The molecule has 0 N–H and O–H groups in total. The van der Waals surface area contributed by atoms with Gasteiger partial charge in [0, 0.05) is 65.1 Å². The molecule has 15 heteroatoms. The number of benzene rings is 2. The third-order valence-electron chi connectivity index (χ3n) is 6.67. The number of sulfonamides is 1. The molecule has 1 aromatic heterocycles. The van der Waals surface area contributed by atoms with Crippen molar-refractivity contribution in [3.63, 3.8) is 0 Å². The molecule has 10 nitrogen and oxygen atoms in total. The van der Waals surface area contributed by atoms with Crippen LogP contribution in [0.15, 0.2) is 41.3 Å². The van der Waals surface area contributed by atoms with E-state index in [0.717, 1.165) is 37.0 Å². The molecule has 4 rings (SSSR count). The monoisotopic (exact) mass is 648 g/mol. The Kier molecular flexibility index (Phi) is 13.0. The van der Waals surface area contributed by atoms with Crippen molar-refractivity contribution in [3.8, 4) is 0 Å². The molecule has 1 amide bonds. The number of amides is 1. The number of ether oxygens (including phenoxy) is 3. The number of hydrogen-bond donors (Lipinski definition) is 0. The van der Waals surface area contributed by atoms with Crippen LogP contribution in [0.25, 0.3) is 10.2 Å². The Balaban J connectivity index is 0.00000484. The van der Waals surface area contributed by atoms with Crippen molar-refractivity contribution in [2.45, 2.75) is 11.3 Å². The molecular weight excluding hydrogens is 614 g/mol. The van der Waals surface area contributed by atoms with Gasteiger partial charge in [0.1, 0.15) is 11.3 Å². The molecule has 0 atom stereocenters. The molecule has 232 valence electrons. The predicted molar refractivity (Wildman–Crippen MR) is 159 cm³/mol. The van der Waals surface area contributed by atoms with Gasteiger partial charge in [0.05, 0.1) is 36.0 Å². The molecule has 42 heavy (non-hydrogen) atoms. The van der Waals surface area contributed by atoms with E-state index in [2.05, 4.69) is 9.88 Å². The highest BCUT2D eigenvalue weighted by Crippen LogP contribution is 2.32. The number of carbonyl (C=O) groups is 1. The van der Waals surface area contributed by atoms with Crippen LogP contribution in [0.1, 0.15) is 16.8 Å². The highest BCUT2D eigenvalue weighted by Gasteiger charge is 2.26. The summed E-state index contributed by atoms with van der Waals surface area (Å²) >= 11 is 1.02. The highest BCUT2D eigenvalue weighted by atomic mass is 35.5. The quantitative estimate of drug-likeness (QED) is 0.261. The van der Waals surface area contributed by atoms with Gasteiger partial charge in [-0.1, -0.05) is 11.3 Å². The molecule has 0 spiro atoms. The van der Waals surface area contributed by atoms with Crippen LogP contribution in [0.3, 0.4) is 0 Å². The van der Waals surface area contributed by atoms with Crippen molar-refractivity contribution >= 4 is 55.0 Å². The summed E-state index contributed by atoms with van der Waals surface area (Å²) in [6.07, 6.45) is 0.610. The van der Waals surface area contributed by atoms with Crippen LogP contribution in [0.5, 0.6) is 0 Å². The van der Waals surface area contributed by atoms with Gasteiger partial charge in [0.2, 0.25) is 10.0 Å². The summed E-state index contributed by atoms with van der Waals surface area (Å²) in [5.74, 6) is -1.95. The second-order valence-corrected chi connectivity index (χ2v) is 12.4. The van der Waals surface area contributed by atoms with Crippen LogP contribution >= 0.6 is 23.7 Å². The minimum absolute atomic E-state index is 0. The molecule has 0 radical (unpaired) electrons. The predicted octanol–water partition coefficient (Wildman–Crippen LogP) is 3.65. The van der Waals surface area contributed by atoms with Crippen LogP contribution in [0.4, 0.5) is 13.9 Å². The Bertz CT molecular complexity index is 1410. The smallest absolute Gasteiger partial charge is 0.260 e. The van der Waals surface area contributed by atoms with Crippen molar-refractivity contribution < 1.29 is 36.2 Å². The highest BCUT2D eigenvalue weighted by molar-refractivity contribution is 7.89. The average Bonchev–Trinajstić information content (AvgIpc) is 3.39. The Hall–Kier alpha value is -2.30. The lowest BCUT2D eigenvalue weighted by atomic mass is 10.2. The van der Waals surface area contributed by atoms with E-state index in [1.165, 1.54) is 53.8 Å². The van der Waals surface area contributed by atoms with Crippen molar-refractivity contribution in [2.75, 3.05) is 84.8 Å². The lowest BCUT2D eigenvalue weighted by Crippen LogP contribution is -2.39. The number of aromatic nitrogens is 1. The van der Waals surface area contributed by atoms with Crippen LogP contribution in [-0.2, 0) is 24.2 Å². The molecular formula is C27H35ClF2N4O6S2. The van der Waals surface area contributed by atoms with Gasteiger partial charge < -0.3 is 14.2 Å². The van der Waals surface area contributed by atoms with Crippen molar-refractivity contribution in [1.29, 1.82) is 0 Å². The molecule has 1 aliphatic rings. The summed E-state index contributed by atoms with van der Waals surface area (Å²) in [5, 5.41) is 0.235. The van der Waals surface area contributed by atoms with E-state index in [4.69, 9.17) is 14.2 Å². The van der Waals surface area contributed by atoms with Crippen LogP contribution in [0.2, 0.25) is 0 Å². The van der Waals surface area contributed by atoms with Gasteiger partial charge in [-0.05, 0) is 36.8 Å². The number of nitrogens with zero attached hydrogens (tertiary/aromatic N) is 4. The molecule has 0 aliphatic carbocycles. The number of anilines is 1. The first-order valence-corrected chi connectivity index (χ1v) is 15.5. The van der Waals surface area contributed by atoms with Crippen molar-refractivity contribution in [3.05, 3.63) is 53.6 Å². The van der Waals surface area contributed by atoms with E-state index in [1.807, 2.05) is 0 Å². The second-order valence-electron chi connectivity index (χ2n) is 9.41. The van der Waals surface area contributed by atoms with E-state index in [-0.39, 0.29) is 71.1 Å². The Labute approximate surface area is 254 Å². The Morgan fingerprint density at radius 2 is 1.69 bits per heavy atom. The van der Waals surface area contributed by atoms with Gasteiger partial charge in [0.15, 0.2) is 10.9 Å². The number of methoxy groups -OCH3 is 2. The topological polar surface area (TPSA) is 102 Å². The second kappa shape index (κ2) is 16.0. The minimum atomic E-state index is -3.87. The fourth-order valence-corrected chi connectivity index (χ4v) is 6.87. The Morgan fingerprint density at radius 3 is 2.31 bits per heavy atom. The van der Waals surface area contributed by atoms with Gasteiger partial charge in [-0.2, -0.15) is 4.31 Å². The lowest BCUT2D eigenvalue weighted by Gasteiger charge is -2.27. The normalized spacial score (nSPS) is 14.3. The molecule has 0 unspecified atom stereocenters. The molecule has 2 heterocycles. The molecule has 0 saturated carbocycles. The first-order chi connectivity index (χ1) is 19.7. The summed E-state index contributed by atoms with van der Waals surface area (Å²) in [6, 6.07) is 7.61. The molecule has 1 aliphatic heterocycles. The van der Waals surface area contributed by atoms with Gasteiger partial charge in [-0.25, -0.2) is 22.2 Å².